The third-order valence-corrected chi connectivity index (χ3v) is 6.00. The number of unbranched alkanes of at least 4 members (excludes halogenated alkanes) is 6. The van der Waals surface area contributed by atoms with Crippen LogP contribution in [0.5, 0.6) is 0 Å². The number of carbonyl (C=O) groups is 2. The van der Waals surface area contributed by atoms with Crippen molar-refractivity contribution in [3.05, 3.63) is 35.9 Å². The standard InChI is InChI=1S/C26H43N3O3/c1-2-3-4-5-6-7-11-15-25(30)28-24(22-23-13-9-8-10-14-23)26(31)27-16-12-17-29-18-20-32-21-19-29/h8-10,13-14,24H,2-7,11-12,15-22H2,1H3,(H,27,31)(H,28,30). The number of benzene rings is 1. The summed E-state index contributed by atoms with van der Waals surface area (Å²) in [4.78, 5) is 27.7. The second-order valence-electron chi connectivity index (χ2n) is 8.78. The van der Waals surface area contributed by atoms with E-state index in [1.54, 1.807) is 0 Å². The predicted octanol–water partition coefficient (Wildman–Crippen LogP) is 3.69. The van der Waals surface area contributed by atoms with Crippen LogP contribution in [0.1, 0.15) is 70.3 Å². The largest absolute Gasteiger partial charge is 0.379 e. The molecule has 1 unspecified atom stereocenters. The number of carbonyl (C=O) groups excluding carboxylic acids is 2. The monoisotopic (exact) mass is 445 g/mol. The number of hydrogen-bond acceptors (Lipinski definition) is 4. The van der Waals surface area contributed by atoms with E-state index in [9.17, 15) is 9.59 Å². The summed E-state index contributed by atoms with van der Waals surface area (Å²) in [6, 6.07) is 9.36. The molecule has 6 heteroatoms. The first-order chi connectivity index (χ1) is 15.7. The van der Waals surface area contributed by atoms with Crippen molar-refractivity contribution in [2.75, 3.05) is 39.4 Å². The van der Waals surface area contributed by atoms with Crippen LogP contribution in [0.3, 0.4) is 0 Å². The van der Waals surface area contributed by atoms with Gasteiger partial charge in [0.05, 0.1) is 13.2 Å². The van der Waals surface area contributed by atoms with Crippen molar-refractivity contribution < 1.29 is 14.3 Å². The minimum absolute atomic E-state index is 0.0250. The van der Waals surface area contributed by atoms with E-state index in [1.165, 1.54) is 32.1 Å². The summed E-state index contributed by atoms with van der Waals surface area (Å²) in [5.74, 6) is -0.119. The van der Waals surface area contributed by atoms with E-state index in [4.69, 9.17) is 4.74 Å². The van der Waals surface area contributed by atoms with E-state index in [0.29, 0.717) is 19.4 Å². The summed E-state index contributed by atoms with van der Waals surface area (Å²) < 4.78 is 5.37. The Morgan fingerprint density at radius 2 is 1.66 bits per heavy atom. The smallest absolute Gasteiger partial charge is 0.242 e. The highest BCUT2D eigenvalue weighted by molar-refractivity contribution is 5.87. The van der Waals surface area contributed by atoms with Gasteiger partial charge in [-0.1, -0.05) is 75.8 Å². The molecule has 180 valence electrons. The molecule has 1 aliphatic heterocycles. The van der Waals surface area contributed by atoms with E-state index in [1.807, 2.05) is 30.3 Å². The van der Waals surface area contributed by atoms with Crippen LogP contribution in [0.4, 0.5) is 0 Å². The maximum Gasteiger partial charge on any atom is 0.242 e. The zero-order chi connectivity index (χ0) is 22.9. The first-order valence-electron chi connectivity index (χ1n) is 12.6. The van der Waals surface area contributed by atoms with Crippen LogP contribution in [0, 0.1) is 0 Å². The maximum atomic E-state index is 12.9. The van der Waals surface area contributed by atoms with Gasteiger partial charge in [-0.25, -0.2) is 0 Å². The zero-order valence-corrected chi connectivity index (χ0v) is 19.9. The Morgan fingerprint density at radius 1 is 0.969 bits per heavy atom. The minimum Gasteiger partial charge on any atom is -0.379 e. The van der Waals surface area contributed by atoms with Crippen LogP contribution in [-0.4, -0.2) is 62.1 Å². The van der Waals surface area contributed by atoms with Gasteiger partial charge >= 0.3 is 0 Å². The molecule has 2 rings (SSSR count). The first-order valence-corrected chi connectivity index (χ1v) is 12.6. The fraction of sp³-hybridized carbons (Fsp3) is 0.692. The molecular formula is C26H43N3O3. The van der Waals surface area contributed by atoms with E-state index in [-0.39, 0.29) is 11.8 Å². The van der Waals surface area contributed by atoms with Crippen molar-refractivity contribution in [1.82, 2.24) is 15.5 Å². The number of nitrogens with zero attached hydrogens (tertiary/aromatic N) is 1. The van der Waals surface area contributed by atoms with Gasteiger partial charge in [-0.3, -0.25) is 14.5 Å². The van der Waals surface area contributed by atoms with Crippen molar-refractivity contribution in [3.63, 3.8) is 0 Å². The maximum absolute atomic E-state index is 12.9. The summed E-state index contributed by atoms with van der Waals surface area (Å²) in [5, 5.41) is 6.02. The van der Waals surface area contributed by atoms with Crippen molar-refractivity contribution in [3.8, 4) is 0 Å². The molecule has 32 heavy (non-hydrogen) atoms. The molecule has 0 bridgehead atoms. The average Bonchev–Trinajstić information content (AvgIpc) is 2.82. The quantitative estimate of drug-likeness (QED) is 0.381. The molecule has 6 nitrogen and oxygen atoms in total. The summed E-state index contributed by atoms with van der Waals surface area (Å²) in [5.41, 5.74) is 1.05. The number of nitrogens with one attached hydrogen (secondary N) is 2. The molecule has 1 aromatic rings. The van der Waals surface area contributed by atoms with Gasteiger partial charge in [0.2, 0.25) is 11.8 Å². The molecule has 1 saturated heterocycles. The van der Waals surface area contributed by atoms with Gasteiger partial charge in [-0.15, -0.1) is 0 Å². The molecule has 1 aliphatic rings. The van der Waals surface area contributed by atoms with Gasteiger partial charge in [0, 0.05) is 32.5 Å². The molecule has 1 aromatic carbocycles. The zero-order valence-electron chi connectivity index (χ0n) is 19.9. The van der Waals surface area contributed by atoms with Crippen LogP contribution in [0.2, 0.25) is 0 Å². The van der Waals surface area contributed by atoms with Gasteiger partial charge in [-0.2, -0.15) is 0 Å². The number of morpholine rings is 1. The highest BCUT2D eigenvalue weighted by atomic mass is 16.5. The molecule has 1 atom stereocenters. The first kappa shape index (κ1) is 26.3. The lowest BCUT2D eigenvalue weighted by Crippen LogP contribution is -2.48. The molecule has 0 radical (unpaired) electrons. The highest BCUT2D eigenvalue weighted by Gasteiger charge is 2.21. The van der Waals surface area contributed by atoms with Crippen molar-refractivity contribution in [2.24, 2.45) is 0 Å². The fourth-order valence-corrected chi connectivity index (χ4v) is 4.03. The number of rotatable bonds is 16. The van der Waals surface area contributed by atoms with Crippen molar-refractivity contribution in [2.45, 2.75) is 77.2 Å². The Hall–Kier alpha value is -1.92. The fourth-order valence-electron chi connectivity index (χ4n) is 4.03. The summed E-state index contributed by atoms with van der Waals surface area (Å²) >= 11 is 0. The second-order valence-corrected chi connectivity index (χ2v) is 8.78. The Morgan fingerprint density at radius 3 is 2.38 bits per heavy atom. The third-order valence-electron chi connectivity index (χ3n) is 6.00. The molecular weight excluding hydrogens is 402 g/mol. The lowest BCUT2D eigenvalue weighted by atomic mass is 10.0. The molecule has 0 saturated carbocycles. The lowest BCUT2D eigenvalue weighted by molar-refractivity contribution is -0.129. The van der Waals surface area contributed by atoms with Crippen LogP contribution >= 0.6 is 0 Å². The molecule has 0 spiro atoms. The Labute approximate surface area is 194 Å². The predicted molar refractivity (Wildman–Crippen MR) is 130 cm³/mol. The molecule has 1 heterocycles. The van der Waals surface area contributed by atoms with Gasteiger partial charge < -0.3 is 15.4 Å². The van der Waals surface area contributed by atoms with Crippen LogP contribution < -0.4 is 10.6 Å². The second kappa shape index (κ2) is 16.7. The Balaban J connectivity index is 1.73. The van der Waals surface area contributed by atoms with Crippen LogP contribution in [0.25, 0.3) is 0 Å². The number of ether oxygens (including phenoxy) is 1. The number of hydrogen-bond donors (Lipinski definition) is 2. The van der Waals surface area contributed by atoms with Crippen LogP contribution in [-0.2, 0) is 20.7 Å². The lowest BCUT2D eigenvalue weighted by Gasteiger charge is -2.26. The molecule has 0 aliphatic carbocycles. The topological polar surface area (TPSA) is 70.7 Å². The summed E-state index contributed by atoms with van der Waals surface area (Å²) in [7, 11) is 0. The van der Waals surface area contributed by atoms with Crippen molar-refractivity contribution in [1.29, 1.82) is 0 Å². The van der Waals surface area contributed by atoms with E-state index >= 15 is 0 Å². The Bertz CT molecular complexity index is 632. The van der Waals surface area contributed by atoms with E-state index in [2.05, 4.69) is 22.5 Å². The van der Waals surface area contributed by atoms with Crippen LogP contribution in [0.15, 0.2) is 30.3 Å². The number of amides is 2. The minimum atomic E-state index is -0.530. The Kier molecular flexibility index (Phi) is 13.7. The van der Waals surface area contributed by atoms with Gasteiger partial charge in [0.15, 0.2) is 0 Å². The summed E-state index contributed by atoms with van der Waals surface area (Å²) in [6.45, 7) is 7.29. The molecule has 2 amide bonds. The van der Waals surface area contributed by atoms with Gasteiger partial charge in [0.25, 0.3) is 0 Å². The highest BCUT2D eigenvalue weighted by Crippen LogP contribution is 2.09. The molecule has 1 fully saturated rings. The van der Waals surface area contributed by atoms with Gasteiger partial charge in [0.1, 0.15) is 6.04 Å². The van der Waals surface area contributed by atoms with Gasteiger partial charge in [-0.05, 0) is 24.9 Å². The molecule has 2 N–H and O–H groups in total. The molecule has 0 aromatic heterocycles. The summed E-state index contributed by atoms with van der Waals surface area (Å²) in [6.07, 6.45) is 10.1. The third kappa shape index (κ3) is 11.6. The normalized spacial score (nSPS) is 15.3. The average molecular weight is 446 g/mol. The van der Waals surface area contributed by atoms with Crippen molar-refractivity contribution >= 4 is 11.8 Å². The van der Waals surface area contributed by atoms with E-state index in [0.717, 1.165) is 57.7 Å². The SMILES string of the molecule is CCCCCCCCCC(=O)NC(Cc1ccccc1)C(=O)NCCCN1CCOCC1. The van der Waals surface area contributed by atoms with E-state index < -0.39 is 6.04 Å².